The van der Waals surface area contributed by atoms with Crippen LogP contribution in [0.15, 0.2) is 52.2 Å². The summed E-state index contributed by atoms with van der Waals surface area (Å²) in [6.45, 7) is 0.862. The number of thiophene rings is 1. The average Bonchev–Trinajstić information content (AvgIpc) is 3.02. The topological polar surface area (TPSA) is 24.4 Å². The van der Waals surface area contributed by atoms with E-state index in [4.69, 9.17) is 0 Å². The lowest BCUT2D eigenvalue weighted by atomic mass is 10.1. The van der Waals surface area contributed by atoms with Crippen LogP contribution in [0.4, 0.5) is 5.69 Å². The van der Waals surface area contributed by atoms with Crippen LogP contribution < -0.4 is 5.32 Å². The quantitative estimate of drug-likeness (QED) is 0.882. The molecule has 3 rings (SSSR count). The maximum atomic E-state index is 4.54. The van der Waals surface area contributed by atoms with Crippen molar-refractivity contribution in [1.29, 1.82) is 0 Å². The van der Waals surface area contributed by atoms with E-state index in [1.54, 1.807) is 23.1 Å². The molecule has 0 fully saturated rings. The van der Waals surface area contributed by atoms with Crippen molar-refractivity contribution < 1.29 is 0 Å². The van der Waals surface area contributed by atoms with Gasteiger partial charge in [-0.15, -0.1) is 0 Å². The van der Waals surface area contributed by atoms with Gasteiger partial charge in [0.15, 0.2) is 5.17 Å². The van der Waals surface area contributed by atoms with Crippen LogP contribution in [0.2, 0.25) is 0 Å². The lowest BCUT2D eigenvalue weighted by Crippen LogP contribution is -2.04. The summed E-state index contributed by atoms with van der Waals surface area (Å²) in [5, 5.41) is 8.99. The Morgan fingerprint density at radius 3 is 2.82 bits per heavy atom. The molecule has 0 spiro atoms. The number of nitrogens with zero attached hydrogens (tertiary/aromatic N) is 1. The zero-order chi connectivity index (χ0) is 11.5. The van der Waals surface area contributed by atoms with Crippen LogP contribution in [0.3, 0.4) is 0 Å². The minimum atomic E-state index is 0.456. The van der Waals surface area contributed by atoms with E-state index in [9.17, 15) is 0 Å². The molecule has 17 heavy (non-hydrogen) atoms. The Morgan fingerprint density at radius 1 is 1.18 bits per heavy atom. The Labute approximate surface area is 109 Å². The Hall–Kier alpha value is -1.26. The number of aliphatic imine (C=N–C) groups is 1. The summed E-state index contributed by atoms with van der Waals surface area (Å²) in [5.41, 5.74) is 2.48. The maximum Gasteiger partial charge on any atom is 0.161 e. The van der Waals surface area contributed by atoms with Crippen LogP contribution in [0.1, 0.15) is 10.8 Å². The van der Waals surface area contributed by atoms with E-state index in [1.165, 1.54) is 5.56 Å². The van der Waals surface area contributed by atoms with Gasteiger partial charge in [0.25, 0.3) is 0 Å². The highest BCUT2D eigenvalue weighted by molar-refractivity contribution is 8.14. The minimum absolute atomic E-state index is 0.456. The fourth-order valence-electron chi connectivity index (χ4n) is 1.74. The molecule has 1 unspecified atom stereocenters. The molecule has 0 bridgehead atoms. The van der Waals surface area contributed by atoms with Crippen LogP contribution >= 0.6 is 23.1 Å². The Kier molecular flexibility index (Phi) is 3.16. The van der Waals surface area contributed by atoms with Gasteiger partial charge in [0.1, 0.15) is 0 Å². The second-order valence-electron chi connectivity index (χ2n) is 3.80. The van der Waals surface area contributed by atoms with Crippen LogP contribution in [0.25, 0.3) is 0 Å². The molecular weight excluding hydrogens is 248 g/mol. The Bertz CT molecular complexity index is 505. The van der Waals surface area contributed by atoms with E-state index in [0.717, 1.165) is 17.4 Å². The van der Waals surface area contributed by atoms with Crippen molar-refractivity contribution in [3.63, 3.8) is 0 Å². The van der Waals surface area contributed by atoms with Gasteiger partial charge in [-0.3, -0.25) is 4.99 Å². The van der Waals surface area contributed by atoms with Gasteiger partial charge in [0, 0.05) is 5.38 Å². The summed E-state index contributed by atoms with van der Waals surface area (Å²) in [6, 6.07) is 12.6. The first-order chi connectivity index (χ1) is 8.42. The highest BCUT2D eigenvalue weighted by Crippen LogP contribution is 2.35. The van der Waals surface area contributed by atoms with Gasteiger partial charge in [-0.1, -0.05) is 42.1 Å². The number of anilines is 1. The fourth-order valence-corrected chi connectivity index (χ4v) is 3.37. The first-order valence-corrected chi connectivity index (χ1v) is 7.29. The molecule has 2 aromatic rings. The van der Waals surface area contributed by atoms with E-state index in [-0.39, 0.29) is 0 Å². The third-order valence-corrected chi connectivity index (χ3v) is 4.44. The molecule has 1 aromatic heterocycles. The summed E-state index contributed by atoms with van der Waals surface area (Å²) in [6.07, 6.45) is 0. The van der Waals surface area contributed by atoms with Crippen LogP contribution in [0.5, 0.6) is 0 Å². The normalized spacial score (nSPS) is 19.1. The average molecular weight is 260 g/mol. The fraction of sp³-hybridized carbons (Fsp3) is 0.154. The number of hydrogen-bond acceptors (Lipinski definition) is 4. The zero-order valence-corrected chi connectivity index (χ0v) is 10.8. The van der Waals surface area contributed by atoms with E-state index in [1.807, 2.05) is 0 Å². The standard InChI is InChI=1S/C13H12N2S2/c1-2-4-10(5-3-1)12-8-14-13(17-12)15-11-6-7-16-9-11/h1-7,9,12H,8H2,(H,14,15). The van der Waals surface area contributed by atoms with Crippen LogP contribution in [0, 0.1) is 0 Å². The van der Waals surface area contributed by atoms with Gasteiger partial charge in [-0.05, 0) is 17.0 Å². The second-order valence-corrected chi connectivity index (χ2v) is 5.77. The number of benzene rings is 1. The molecule has 1 aliphatic heterocycles. The monoisotopic (exact) mass is 260 g/mol. The first kappa shape index (κ1) is 10.9. The predicted octanol–water partition coefficient (Wildman–Crippen LogP) is 4.00. The summed E-state index contributed by atoms with van der Waals surface area (Å²) < 4.78 is 0. The summed E-state index contributed by atoms with van der Waals surface area (Å²) >= 11 is 3.50. The number of rotatable bonds is 2. The van der Waals surface area contributed by atoms with Gasteiger partial charge >= 0.3 is 0 Å². The predicted molar refractivity (Wildman–Crippen MR) is 77.0 cm³/mol. The molecule has 2 heterocycles. The molecule has 86 valence electrons. The number of nitrogens with one attached hydrogen (secondary N) is 1. The SMILES string of the molecule is c1ccc(C2CN=C(Nc3ccsc3)S2)cc1. The smallest absolute Gasteiger partial charge is 0.161 e. The summed E-state index contributed by atoms with van der Waals surface area (Å²) in [4.78, 5) is 4.54. The van der Waals surface area contributed by atoms with Crippen molar-refractivity contribution in [2.75, 3.05) is 11.9 Å². The molecule has 1 N–H and O–H groups in total. The van der Waals surface area contributed by atoms with E-state index >= 15 is 0 Å². The van der Waals surface area contributed by atoms with Crippen molar-refractivity contribution in [3.8, 4) is 0 Å². The van der Waals surface area contributed by atoms with Gasteiger partial charge in [-0.25, -0.2) is 0 Å². The number of thioether (sulfide) groups is 1. The number of hydrogen-bond donors (Lipinski definition) is 1. The molecule has 4 heteroatoms. The van der Waals surface area contributed by atoms with Crippen molar-refractivity contribution in [1.82, 2.24) is 0 Å². The highest BCUT2D eigenvalue weighted by atomic mass is 32.2. The largest absolute Gasteiger partial charge is 0.334 e. The maximum absolute atomic E-state index is 4.54. The molecule has 0 saturated carbocycles. The molecule has 1 aromatic carbocycles. The van der Waals surface area contributed by atoms with Gasteiger partial charge in [0.05, 0.1) is 17.5 Å². The van der Waals surface area contributed by atoms with Crippen LogP contribution in [-0.4, -0.2) is 11.7 Å². The lowest BCUT2D eigenvalue weighted by molar-refractivity contribution is 0.966. The number of amidine groups is 1. The molecule has 0 amide bonds. The molecular formula is C13H12N2S2. The summed E-state index contributed by atoms with van der Waals surface area (Å²) in [5.74, 6) is 0. The van der Waals surface area contributed by atoms with Crippen LogP contribution in [-0.2, 0) is 0 Å². The Balaban J connectivity index is 1.65. The second kappa shape index (κ2) is 4.94. The van der Waals surface area contributed by atoms with E-state index < -0.39 is 0 Å². The highest BCUT2D eigenvalue weighted by Gasteiger charge is 2.21. The third kappa shape index (κ3) is 2.53. The minimum Gasteiger partial charge on any atom is -0.334 e. The summed E-state index contributed by atoms with van der Waals surface area (Å²) in [7, 11) is 0. The van der Waals surface area contributed by atoms with Gasteiger partial charge in [-0.2, -0.15) is 11.3 Å². The van der Waals surface area contributed by atoms with E-state index in [2.05, 4.69) is 57.5 Å². The molecule has 1 atom stereocenters. The van der Waals surface area contributed by atoms with Gasteiger partial charge < -0.3 is 5.32 Å². The molecule has 0 radical (unpaired) electrons. The molecule has 0 saturated heterocycles. The Morgan fingerprint density at radius 2 is 2.06 bits per heavy atom. The van der Waals surface area contributed by atoms with Crippen molar-refractivity contribution in [2.24, 2.45) is 4.99 Å². The van der Waals surface area contributed by atoms with Crippen molar-refractivity contribution >= 4 is 34.0 Å². The van der Waals surface area contributed by atoms with Crippen molar-refractivity contribution in [3.05, 3.63) is 52.7 Å². The van der Waals surface area contributed by atoms with Gasteiger partial charge in [0.2, 0.25) is 0 Å². The molecule has 2 nitrogen and oxygen atoms in total. The van der Waals surface area contributed by atoms with Crippen molar-refractivity contribution in [2.45, 2.75) is 5.25 Å². The molecule has 1 aliphatic rings. The zero-order valence-electron chi connectivity index (χ0n) is 9.17. The lowest BCUT2D eigenvalue weighted by Gasteiger charge is -2.08. The third-order valence-electron chi connectivity index (χ3n) is 2.60. The first-order valence-electron chi connectivity index (χ1n) is 5.47. The van der Waals surface area contributed by atoms with E-state index in [0.29, 0.717) is 5.25 Å². The molecule has 0 aliphatic carbocycles.